The van der Waals surface area contributed by atoms with E-state index < -0.39 is 0 Å². The van der Waals surface area contributed by atoms with Crippen LogP contribution in [0, 0.1) is 6.92 Å². The Labute approximate surface area is 192 Å². The van der Waals surface area contributed by atoms with Crippen molar-refractivity contribution in [3.63, 3.8) is 0 Å². The van der Waals surface area contributed by atoms with E-state index in [4.69, 9.17) is 9.47 Å². The van der Waals surface area contributed by atoms with Gasteiger partial charge in [0.15, 0.2) is 10.3 Å². The number of hydrogen-bond acceptors (Lipinski definition) is 8. The molecule has 0 fully saturated rings. The molecule has 0 unspecified atom stereocenters. The van der Waals surface area contributed by atoms with Gasteiger partial charge in [0.05, 0.1) is 36.6 Å². The number of fused-ring (bicyclic) bond motifs is 1. The molecule has 0 aliphatic carbocycles. The SMILES string of the molecule is COc1cc(OC)cc(C(=O)Nc2nc(CC(=O)Nc3nc4ccc(C)cc4s3)cs2)c1. The van der Waals surface area contributed by atoms with E-state index in [0.717, 1.165) is 15.8 Å². The van der Waals surface area contributed by atoms with Gasteiger partial charge in [-0.3, -0.25) is 14.9 Å². The molecule has 0 radical (unpaired) electrons. The first-order valence-electron chi connectivity index (χ1n) is 9.59. The summed E-state index contributed by atoms with van der Waals surface area (Å²) < 4.78 is 11.4. The van der Waals surface area contributed by atoms with Crippen LogP contribution >= 0.6 is 22.7 Å². The third-order valence-corrected chi connectivity index (χ3v) is 6.26. The number of methoxy groups -OCH3 is 2. The molecular weight excluding hydrogens is 448 g/mol. The Morgan fingerprint density at radius 1 is 0.969 bits per heavy atom. The number of hydrogen-bond donors (Lipinski definition) is 2. The summed E-state index contributed by atoms with van der Waals surface area (Å²) in [6.07, 6.45) is 0.0777. The number of rotatable bonds is 7. The Kier molecular flexibility index (Phi) is 6.33. The molecule has 4 aromatic rings. The van der Waals surface area contributed by atoms with E-state index in [1.54, 1.807) is 23.6 Å². The summed E-state index contributed by atoms with van der Waals surface area (Å²) in [7, 11) is 3.04. The smallest absolute Gasteiger partial charge is 0.257 e. The average molecular weight is 469 g/mol. The number of anilines is 2. The molecule has 0 aliphatic heterocycles. The zero-order valence-corrected chi connectivity index (χ0v) is 19.2. The molecule has 2 heterocycles. The van der Waals surface area contributed by atoms with Crippen LogP contribution in [0.25, 0.3) is 10.2 Å². The number of ether oxygens (including phenoxy) is 2. The zero-order chi connectivity index (χ0) is 22.7. The van der Waals surface area contributed by atoms with Gasteiger partial charge in [-0.1, -0.05) is 17.4 Å². The zero-order valence-electron chi connectivity index (χ0n) is 17.6. The molecule has 0 spiro atoms. The summed E-state index contributed by atoms with van der Waals surface area (Å²) in [5.41, 5.74) is 2.93. The van der Waals surface area contributed by atoms with Crippen LogP contribution in [0.1, 0.15) is 21.6 Å². The highest BCUT2D eigenvalue weighted by Crippen LogP contribution is 2.27. The number of benzene rings is 2. The Balaban J connectivity index is 1.39. The molecule has 2 N–H and O–H groups in total. The molecule has 8 nitrogen and oxygen atoms in total. The first-order chi connectivity index (χ1) is 15.4. The Morgan fingerprint density at radius 2 is 1.72 bits per heavy atom. The number of thiazole rings is 2. The van der Waals surface area contributed by atoms with Gasteiger partial charge in [-0.2, -0.15) is 0 Å². The lowest BCUT2D eigenvalue weighted by atomic mass is 10.2. The highest BCUT2D eigenvalue weighted by Gasteiger charge is 2.14. The van der Waals surface area contributed by atoms with Crippen LogP contribution in [0.15, 0.2) is 41.8 Å². The maximum Gasteiger partial charge on any atom is 0.257 e. The predicted molar refractivity (Wildman–Crippen MR) is 126 cm³/mol. The van der Waals surface area contributed by atoms with E-state index in [-0.39, 0.29) is 18.2 Å². The van der Waals surface area contributed by atoms with Crippen LogP contribution in [-0.4, -0.2) is 36.0 Å². The third-order valence-electron chi connectivity index (χ3n) is 4.52. The number of aryl methyl sites for hydroxylation is 1. The quantitative estimate of drug-likeness (QED) is 0.414. The fraction of sp³-hybridized carbons (Fsp3) is 0.182. The maximum absolute atomic E-state index is 12.6. The molecule has 0 saturated carbocycles. The predicted octanol–water partition coefficient (Wildman–Crippen LogP) is 4.51. The number of nitrogens with one attached hydrogen (secondary N) is 2. The molecule has 2 aromatic carbocycles. The van der Waals surface area contributed by atoms with Gasteiger partial charge in [-0.25, -0.2) is 9.97 Å². The third kappa shape index (κ3) is 5.04. The molecule has 4 rings (SSSR count). The van der Waals surface area contributed by atoms with Gasteiger partial charge in [-0.15, -0.1) is 11.3 Å². The van der Waals surface area contributed by atoms with Gasteiger partial charge >= 0.3 is 0 Å². The Morgan fingerprint density at radius 3 is 2.44 bits per heavy atom. The first kappa shape index (κ1) is 21.7. The van der Waals surface area contributed by atoms with Crippen molar-refractivity contribution in [1.29, 1.82) is 0 Å². The molecule has 10 heteroatoms. The van der Waals surface area contributed by atoms with Gasteiger partial charge < -0.3 is 14.8 Å². The molecule has 32 heavy (non-hydrogen) atoms. The molecular formula is C22H20N4O4S2. The highest BCUT2D eigenvalue weighted by atomic mass is 32.1. The van der Waals surface area contributed by atoms with E-state index in [2.05, 4.69) is 20.6 Å². The number of carbonyl (C=O) groups is 2. The molecule has 2 aromatic heterocycles. The standard InChI is InChI=1S/C22H20N4O4S2/c1-12-4-5-17-18(6-12)32-22(24-17)25-19(27)9-14-11-31-21(23-14)26-20(28)13-7-15(29-2)10-16(8-13)30-3/h4-8,10-11H,9H2,1-3H3,(H,23,26,28)(H,24,25,27). The van der Waals surface area contributed by atoms with Crippen molar-refractivity contribution >= 4 is 55.0 Å². The molecule has 0 saturated heterocycles. The van der Waals surface area contributed by atoms with Crippen molar-refractivity contribution in [1.82, 2.24) is 9.97 Å². The number of carbonyl (C=O) groups excluding carboxylic acids is 2. The number of amides is 2. The minimum absolute atomic E-state index is 0.0777. The van der Waals surface area contributed by atoms with Gasteiger partial charge in [0.1, 0.15) is 11.5 Å². The van der Waals surface area contributed by atoms with E-state index in [1.165, 1.54) is 36.9 Å². The van der Waals surface area contributed by atoms with Crippen molar-refractivity contribution in [3.8, 4) is 11.5 Å². The molecule has 164 valence electrons. The molecule has 2 amide bonds. The topological polar surface area (TPSA) is 102 Å². The minimum Gasteiger partial charge on any atom is -0.497 e. The summed E-state index contributed by atoms with van der Waals surface area (Å²) in [5, 5.41) is 8.25. The lowest BCUT2D eigenvalue weighted by Crippen LogP contribution is -2.15. The molecule has 0 atom stereocenters. The second-order valence-electron chi connectivity index (χ2n) is 6.91. The highest BCUT2D eigenvalue weighted by molar-refractivity contribution is 7.22. The first-order valence-corrected chi connectivity index (χ1v) is 11.3. The van der Waals surface area contributed by atoms with E-state index in [0.29, 0.717) is 33.0 Å². The largest absolute Gasteiger partial charge is 0.497 e. The van der Waals surface area contributed by atoms with Crippen LogP contribution in [0.3, 0.4) is 0 Å². The van der Waals surface area contributed by atoms with Crippen molar-refractivity contribution in [2.45, 2.75) is 13.3 Å². The lowest BCUT2D eigenvalue weighted by Gasteiger charge is -2.08. The fourth-order valence-electron chi connectivity index (χ4n) is 2.97. The monoisotopic (exact) mass is 468 g/mol. The minimum atomic E-state index is -0.350. The Bertz CT molecular complexity index is 1280. The van der Waals surface area contributed by atoms with Gasteiger partial charge in [0.25, 0.3) is 5.91 Å². The lowest BCUT2D eigenvalue weighted by molar-refractivity contribution is -0.115. The van der Waals surface area contributed by atoms with Crippen molar-refractivity contribution in [2.75, 3.05) is 24.9 Å². The van der Waals surface area contributed by atoms with Crippen LogP contribution < -0.4 is 20.1 Å². The fourth-order valence-corrected chi connectivity index (χ4v) is 4.65. The van der Waals surface area contributed by atoms with Crippen LogP contribution in [0.4, 0.5) is 10.3 Å². The second kappa shape index (κ2) is 9.33. The van der Waals surface area contributed by atoms with Crippen molar-refractivity contribution in [3.05, 3.63) is 58.6 Å². The summed E-state index contributed by atoms with van der Waals surface area (Å²) in [6, 6.07) is 10.9. The summed E-state index contributed by atoms with van der Waals surface area (Å²) in [4.78, 5) is 33.8. The average Bonchev–Trinajstić information content (AvgIpc) is 3.38. The summed E-state index contributed by atoms with van der Waals surface area (Å²) in [6.45, 7) is 2.01. The second-order valence-corrected chi connectivity index (χ2v) is 8.80. The van der Waals surface area contributed by atoms with E-state index in [9.17, 15) is 9.59 Å². The molecule has 0 aliphatic rings. The number of aromatic nitrogens is 2. The molecule has 0 bridgehead atoms. The van der Waals surface area contributed by atoms with Crippen molar-refractivity contribution < 1.29 is 19.1 Å². The maximum atomic E-state index is 12.6. The van der Waals surface area contributed by atoms with Crippen LogP contribution in [0.5, 0.6) is 11.5 Å². The van der Waals surface area contributed by atoms with Crippen LogP contribution in [0.2, 0.25) is 0 Å². The number of nitrogens with zero attached hydrogens (tertiary/aromatic N) is 2. The van der Waals surface area contributed by atoms with Crippen molar-refractivity contribution in [2.24, 2.45) is 0 Å². The van der Waals surface area contributed by atoms with Gasteiger partial charge in [0, 0.05) is 17.0 Å². The van der Waals surface area contributed by atoms with Crippen LogP contribution in [-0.2, 0) is 11.2 Å². The van der Waals surface area contributed by atoms with Gasteiger partial charge in [0.2, 0.25) is 5.91 Å². The summed E-state index contributed by atoms with van der Waals surface area (Å²) in [5.74, 6) is 0.450. The van der Waals surface area contributed by atoms with E-state index >= 15 is 0 Å². The van der Waals surface area contributed by atoms with E-state index in [1.807, 2.05) is 25.1 Å². The Hall–Kier alpha value is -3.50. The van der Waals surface area contributed by atoms with Gasteiger partial charge in [-0.05, 0) is 36.8 Å². The normalized spacial score (nSPS) is 10.7. The summed E-state index contributed by atoms with van der Waals surface area (Å²) >= 11 is 2.68.